The highest BCUT2D eigenvalue weighted by Crippen LogP contribution is 2.30. The minimum absolute atomic E-state index is 0.0666. The van der Waals surface area contributed by atoms with Gasteiger partial charge in [0.1, 0.15) is 5.65 Å². The fourth-order valence-corrected chi connectivity index (χ4v) is 2.97. The third-order valence-corrected chi connectivity index (χ3v) is 4.16. The van der Waals surface area contributed by atoms with Crippen molar-refractivity contribution in [3.05, 3.63) is 75.6 Å². The minimum atomic E-state index is -1.07. The van der Waals surface area contributed by atoms with E-state index < -0.39 is 5.97 Å². The first kappa shape index (κ1) is 14.3. The maximum atomic E-state index is 12.7. The van der Waals surface area contributed by atoms with Crippen molar-refractivity contribution >= 4 is 23.3 Å². The number of fused-ring (bicyclic) bond motifs is 2. The molecule has 0 spiro atoms. The molecule has 4 rings (SSSR count). The number of aromatic carboxylic acids is 1. The van der Waals surface area contributed by atoms with Crippen molar-refractivity contribution in [1.29, 1.82) is 0 Å². The monoisotopic (exact) mass is 319 g/mol. The van der Waals surface area contributed by atoms with Crippen LogP contribution in [-0.2, 0) is 6.42 Å². The first-order valence-electron chi connectivity index (χ1n) is 7.53. The molecule has 24 heavy (non-hydrogen) atoms. The first-order valence-corrected chi connectivity index (χ1v) is 7.53. The SMILES string of the molecule is O=C(O)c1ccc2nc3c(c(=O)n2c1)CC/C3=C/c1ccncc1. The predicted molar refractivity (Wildman–Crippen MR) is 88.9 cm³/mol. The molecule has 0 aromatic carbocycles. The van der Waals surface area contributed by atoms with E-state index in [0.717, 1.165) is 17.6 Å². The number of carboxylic acids is 1. The van der Waals surface area contributed by atoms with E-state index in [4.69, 9.17) is 5.11 Å². The molecular weight excluding hydrogens is 306 g/mol. The van der Waals surface area contributed by atoms with Crippen LogP contribution in [0.25, 0.3) is 17.3 Å². The third kappa shape index (κ3) is 2.28. The van der Waals surface area contributed by atoms with Gasteiger partial charge in [0.2, 0.25) is 0 Å². The fraction of sp³-hybridized carbons (Fsp3) is 0.111. The molecule has 0 bridgehead atoms. The Hall–Kier alpha value is -3.28. The summed E-state index contributed by atoms with van der Waals surface area (Å²) in [5.74, 6) is -1.07. The molecule has 6 nitrogen and oxygen atoms in total. The molecule has 0 saturated heterocycles. The molecule has 0 amide bonds. The maximum Gasteiger partial charge on any atom is 0.337 e. The van der Waals surface area contributed by atoms with Gasteiger partial charge in [-0.2, -0.15) is 0 Å². The van der Waals surface area contributed by atoms with Crippen LogP contribution in [-0.4, -0.2) is 25.4 Å². The van der Waals surface area contributed by atoms with Gasteiger partial charge in [-0.15, -0.1) is 0 Å². The highest BCUT2D eigenvalue weighted by atomic mass is 16.4. The van der Waals surface area contributed by atoms with Crippen LogP contribution in [0.4, 0.5) is 0 Å². The normalized spacial score (nSPS) is 14.9. The number of allylic oxidation sites excluding steroid dienone is 1. The van der Waals surface area contributed by atoms with Gasteiger partial charge >= 0.3 is 5.97 Å². The smallest absolute Gasteiger partial charge is 0.337 e. The first-order chi connectivity index (χ1) is 11.6. The quantitative estimate of drug-likeness (QED) is 0.783. The Morgan fingerprint density at radius 1 is 1.17 bits per heavy atom. The van der Waals surface area contributed by atoms with Crippen molar-refractivity contribution in [3.8, 4) is 0 Å². The number of pyridine rings is 2. The standard InChI is InChI=1S/C18H13N3O3/c22-17-14-3-1-12(9-11-5-7-19-8-6-11)16(14)20-15-4-2-13(18(23)24)10-21(15)17/h2,4-10H,1,3H2,(H,23,24)/b12-9-. The number of nitrogens with zero attached hydrogens (tertiary/aromatic N) is 3. The lowest BCUT2D eigenvalue weighted by molar-refractivity contribution is 0.0696. The van der Waals surface area contributed by atoms with E-state index in [2.05, 4.69) is 9.97 Å². The Morgan fingerprint density at radius 2 is 1.96 bits per heavy atom. The molecule has 0 aliphatic heterocycles. The van der Waals surface area contributed by atoms with E-state index in [-0.39, 0.29) is 11.1 Å². The van der Waals surface area contributed by atoms with Crippen LogP contribution in [0, 0.1) is 0 Å². The summed E-state index contributed by atoms with van der Waals surface area (Å²) in [7, 11) is 0. The average Bonchev–Trinajstić information content (AvgIpc) is 2.99. The van der Waals surface area contributed by atoms with Crippen molar-refractivity contribution in [2.45, 2.75) is 12.8 Å². The van der Waals surface area contributed by atoms with Crippen LogP contribution in [0.15, 0.2) is 47.7 Å². The van der Waals surface area contributed by atoms with Crippen molar-refractivity contribution in [2.75, 3.05) is 0 Å². The third-order valence-electron chi connectivity index (χ3n) is 4.16. The molecule has 118 valence electrons. The van der Waals surface area contributed by atoms with E-state index in [1.165, 1.54) is 16.7 Å². The van der Waals surface area contributed by atoms with Gasteiger partial charge in [0.05, 0.1) is 11.3 Å². The molecule has 6 heteroatoms. The molecule has 0 atom stereocenters. The molecule has 1 N–H and O–H groups in total. The molecule has 3 heterocycles. The Morgan fingerprint density at radius 3 is 2.71 bits per heavy atom. The number of rotatable bonds is 2. The largest absolute Gasteiger partial charge is 0.478 e. The van der Waals surface area contributed by atoms with E-state index >= 15 is 0 Å². The molecule has 0 saturated carbocycles. The second kappa shape index (κ2) is 5.42. The van der Waals surface area contributed by atoms with Gasteiger partial charge in [0.25, 0.3) is 5.56 Å². The van der Waals surface area contributed by atoms with Crippen molar-refractivity contribution in [2.24, 2.45) is 0 Å². The second-order valence-corrected chi connectivity index (χ2v) is 5.65. The summed E-state index contributed by atoms with van der Waals surface area (Å²) in [5, 5.41) is 9.08. The topological polar surface area (TPSA) is 84.6 Å². The van der Waals surface area contributed by atoms with Gasteiger partial charge in [-0.3, -0.25) is 14.2 Å². The molecule has 0 radical (unpaired) electrons. The molecule has 1 aliphatic carbocycles. The van der Waals surface area contributed by atoms with Gasteiger partial charge in [-0.25, -0.2) is 9.78 Å². The zero-order chi connectivity index (χ0) is 16.7. The Bertz CT molecular complexity index is 1050. The van der Waals surface area contributed by atoms with Crippen LogP contribution in [0.1, 0.15) is 33.6 Å². The summed E-state index contributed by atoms with van der Waals surface area (Å²) in [6.45, 7) is 0. The second-order valence-electron chi connectivity index (χ2n) is 5.65. The van der Waals surface area contributed by atoms with Crippen LogP contribution in [0.3, 0.4) is 0 Å². The van der Waals surface area contributed by atoms with E-state index in [1.54, 1.807) is 18.5 Å². The summed E-state index contributed by atoms with van der Waals surface area (Å²) in [6.07, 6.45) is 8.14. The molecule has 0 fully saturated rings. The molecule has 3 aromatic heterocycles. The lowest BCUT2D eigenvalue weighted by atomic mass is 10.1. The van der Waals surface area contributed by atoms with E-state index in [9.17, 15) is 9.59 Å². The highest BCUT2D eigenvalue weighted by Gasteiger charge is 2.23. The molecule has 3 aromatic rings. The number of aromatic nitrogens is 3. The Labute approximate surface area is 136 Å². The average molecular weight is 319 g/mol. The summed E-state index contributed by atoms with van der Waals surface area (Å²) in [5.41, 5.74) is 3.68. The van der Waals surface area contributed by atoms with Gasteiger partial charge in [-0.1, -0.05) is 0 Å². The zero-order valence-corrected chi connectivity index (χ0v) is 12.6. The highest BCUT2D eigenvalue weighted by molar-refractivity contribution is 5.88. The van der Waals surface area contributed by atoms with E-state index in [0.29, 0.717) is 23.3 Å². The lowest BCUT2D eigenvalue weighted by Crippen LogP contribution is -2.20. The zero-order valence-electron chi connectivity index (χ0n) is 12.6. The number of carboxylic acid groups (broad SMARTS) is 1. The molecule has 0 unspecified atom stereocenters. The van der Waals surface area contributed by atoms with Gasteiger partial charge < -0.3 is 5.11 Å². The van der Waals surface area contributed by atoms with E-state index in [1.807, 2.05) is 18.2 Å². The summed E-state index contributed by atoms with van der Waals surface area (Å²) < 4.78 is 1.32. The van der Waals surface area contributed by atoms with Crippen LogP contribution >= 0.6 is 0 Å². The number of hydrogen-bond donors (Lipinski definition) is 1. The van der Waals surface area contributed by atoms with Crippen molar-refractivity contribution in [1.82, 2.24) is 14.4 Å². The Kier molecular flexibility index (Phi) is 3.23. The molecular formula is C18H13N3O3. The molecule has 1 aliphatic rings. The summed E-state index contributed by atoms with van der Waals surface area (Å²) in [4.78, 5) is 32.4. The summed E-state index contributed by atoms with van der Waals surface area (Å²) in [6, 6.07) is 6.82. The van der Waals surface area contributed by atoms with Crippen LogP contribution < -0.4 is 5.56 Å². The van der Waals surface area contributed by atoms with Crippen molar-refractivity contribution in [3.63, 3.8) is 0 Å². The minimum Gasteiger partial charge on any atom is -0.478 e. The van der Waals surface area contributed by atoms with Gasteiger partial charge in [0, 0.05) is 24.2 Å². The van der Waals surface area contributed by atoms with Crippen LogP contribution in [0.2, 0.25) is 0 Å². The lowest BCUT2D eigenvalue weighted by Gasteiger charge is -2.06. The number of hydrogen-bond acceptors (Lipinski definition) is 4. The Balaban J connectivity index is 1.90. The summed E-state index contributed by atoms with van der Waals surface area (Å²) >= 11 is 0. The fourth-order valence-electron chi connectivity index (χ4n) is 2.97. The van der Waals surface area contributed by atoms with Gasteiger partial charge in [0.15, 0.2) is 0 Å². The van der Waals surface area contributed by atoms with Crippen molar-refractivity contribution < 1.29 is 9.90 Å². The maximum absolute atomic E-state index is 12.7. The van der Waals surface area contributed by atoms with Crippen LogP contribution in [0.5, 0.6) is 0 Å². The number of carbonyl (C=O) groups is 1. The predicted octanol–water partition coefficient (Wildman–Crippen LogP) is 2.27. The van der Waals surface area contributed by atoms with Gasteiger partial charge in [-0.05, 0) is 54.3 Å².